The largest absolute Gasteiger partial charge is 0.504 e. The van der Waals surface area contributed by atoms with Crippen molar-refractivity contribution in [2.24, 2.45) is 17.1 Å². The third-order valence-electron chi connectivity index (χ3n) is 6.49. The Morgan fingerprint density at radius 2 is 1.90 bits per heavy atom. The third-order valence-corrected chi connectivity index (χ3v) is 6.49. The summed E-state index contributed by atoms with van der Waals surface area (Å²) in [5.41, 5.74) is 6.95. The van der Waals surface area contributed by atoms with E-state index in [-0.39, 0.29) is 23.3 Å². The number of primary amides is 1. The first-order chi connectivity index (χ1) is 14.5. The number of phenols is 2. The summed E-state index contributed by atoms with van der Waals surface area (Å²) in [4.78, 5) is 13.3. The van der Waals surface area contributed by atoms with Gasteiger partial charge in [0.05, 0.1) is 12.5 Å². The monoisotopic (exact) mass is 412 g/mol. The fourth-order valence-electron chi connectivity index (χ4n) is 5.18. The number of hydrogen-bond donors (Lipinski definition) is 4. The molecule has 30 heavy (non-hydrogen) atoms. The van der Waals surface area contributed by atoms with E-state index in [4.69, 9.17) is 10.5 Å². The van der Waals surface area contributed by atoms with Crippen LogP contribution in [0.1, 0.15) is 49.7 Å². The highest BCUT2D eigenvalue weighted by Gasteiger charge is 2.51. The number of carbonyl (C=O) groups excluding carboxylic acids is 1. The van der Waals surface area contributed by atoms with Crippen LogP contribution in [-0.4, -0.2) is 36.3 Å². The maximum atomic E-state index is 13.3. The lowest BCUT2D eigenvalue weighted by Gasteiger charge is -2.46. The van der Waals surface area contributed by atoms with E-state index >= 15 is 0 Å². The summed E-state index contributed by atoms with van der Waals surface area (Å²) in [6.45, 7) is 3.73. The van der Waals surface area contributed by atoms with Crippen molar-refractivity contribution in [1.29, 1.82) is 0 Å². The van der Waals surface area contributed by atoms with Crippen LogP contribution in [-0.2, 0) is 4.79 Å². The zero-order chi connectivity index (χ0) is 21.7. The number of benzene rings is 2. The number of aromatic hydroxyl groups is 2. The zero-order valence-corrected chi connectivity index (χ0v) is 17.7. The smallest absolute Gasteiger partial charge is 0.224 e. The van der Waals surface area contributed by atoms with Crippen molar-refractivity contribution in [2.75, 3.05) is 20.2 Å². The van der Waals surface area contributed by atoms with Gasteiger partial charge in [-0.05, 0) is 62.0 Å². The van der Waals surface area contributed by atoms with Gasteiger partial charge < -0.3 is 26.0 Å². The van der Waals surface area contributed by atoms with Gasteiger partial charge in [0.25, 0.3) is 0 Å². The second-order valence-corrected chi connectivity index (χ2v) is 8.10. The average molecular weight is 413 g/mol. The molecule has 6 heteroatoms. The topological polar surface area (TPSA) is 105 Å². The highest BCUT2D eigenvalue weighted by Crippen LogP contribution is 2.54. The van der Waals surface area contributed by atoms with Crippen LogP contribution in [0.5, 0.6) is 17.2 Å². The minimum atomic E-state index is -0.852. The summed E-state index contributed by atoms with van der Waals surface area (Å²) >= 11 is 0. The number of methoxy groups -OCH3 is 1. The number of ether oxygens (including phenoxy) is 1. The molecule has 3 rings (SSSR count). The van der Waals surface area contributed by atoms with E-state index in [1.807, 2.05) is 24.3 Å². The Morgan fingerprint density at radius 3 is 2.50 bits per heavy atom. The molecule has 1 aliphatic rings. The Kier molecular flexibility index (Phi) is 6.87. The number of phenolic OH excluding ortho intramolecular Hbond substituents is 2. The highest BCUT2D eigenvalue weighted by molar-refractivity contribution is 5.83. The Labute approximate surface area is 178 Å². The van der Waals surface area contributed by atoms with Crippen molar-refractivity contribution in [3.05, 3.63) is 53.6 Å². The molecule has 0 saturated carbocycles. The molecule has 0 spiro atoms. The number of carbonyl (C=O) groups is 1. The Balaban J connectivity index is 2.30. The van der Waals surface area contributed by atoms with Gasteiger partial charge in [0.2, 0.25) is 5.91 Å². The van der Waals surface area contributed by atoms with Crippen LogP contribution in [0.4, 0.5) is 0 Å². The van der Waals surface area contributed by atoms with Gasteiger partial charge in [-0.15, -0.1) is 0 Å². The number of piperidine rings is 1. The van der Waals surface area contributed by atoms with E-state index in [0.29, 0.717) is 12.2 Å². The van der Waals surface area contributed by atoms with Gasteiger partial charge in [0.1, 0.15) is 5.75 Å². The lowest BCUT2D eigenvalue weighted by molar-refractivity contribution is -0.133. The molecule has 162 valence electrons. The molecule has 2 unspecified atom stereocenters. The summed E-state index contributed by atoms with van der Waals surface area (Å²) < 4.78 is 5.67. The van der Waals surface area contributed by atoms with Crippen LogP contribution >= 0.6 is 0 Å². The second kappa shape index (κ2) is 9.39. The van der Waals surface area contributed by atoms with Gasteiger partial charge in [0.15, 0.2) is 11.5 Å². The van der Waals surface area contributed by atoms with Gasteiger partial charge in [-0.3, -0.25) is 4.79 Å². The molecule has 1 saturated heterocycles. The number of nitrogens with two attached hydrogens (primary N) is 1. The van der Waals surface area contributed by atoms with Crippen molar-refractivity contribution in [1.82, 2.24) is 5.32 Å². The Bertz CT molecular complexity index is 879. The maximum absolute atomic E-state index is 13.3. The fourth-order valence-corrected chi connectivity index (χ4v) is 5.18. The molecule has 0 radical (unpaired) electrons. The van der Waals surface area contributed by atoms with Crippen LogP contribution in [0.3, 0.4) is 0 Å². The van der Waals surface area contributed by atoms with Gasteiger partial charge >= 0.3 is 0 Å². The van der Waals surface area contributed by atoms with Crippen LogP contribution in [0.2, 0.25) is 0 Å². The number of amides is 1. The Hall–Kier alpha value is -2.73. The second-order valence-electron chi connectivity index (χ2n) is 8.10. The SMILES string of the molecule is CCCC(C(N)=O)(C1CCNCC1)C(c1ccc(O)c(O)c1)c1ccccc1OC. The first-order valence-electron chi connectivity index (χ1n) is 10.6. The summed E-state index contributed by atoms with van der Waals surface area (Å²) in [7, 11) is 1.61. The molecule has 0 aliphatic carbocycles. The van der Waals surface area contributed by atoms with E-state index in [1.54, 1.807) is 19.2 Å². The van der Waals surface area contributed by atoms with Crippen LogP contribution < -0.4 is 15.8 Å². The predicted molar refractivity (Wildman–Crippen MR) is 117 cm³/mol. The third kappa shape index (κ3) is 3.97. The number of nitrogens with one attached hydrogen (secondary N) is 1. The molecule has 2 aromatic carbocycles. The van der Waals surface area contributed by atoms with Crippen molar-refractivity contribution in [3.8, 4) is 17.2 Å². The Morgan fingerprint density at radius 1 is 1.20 bits per heavy atom. The number of para-hydroxylation sites is 1. The molecule has 1 heterocycles. The van der Waals surface area contributed by atoms with Crippen LogP contribution in [0.25, 0.3) is 0 Å². The quantitative estimate of drug-likeness (QED) is 0.497. The molecule has 0 bridgehead atoms. The first-order valence-corrected chi connectivity index (χ1v) is 10.6. The molecule has 5 N–H and O–H groups in total. The zero-order valence-electron chi connectivity index (χ0n) is 17.7. The molecular weight excluding hydrogens is 380 g/mol. The molecule has 1 aliphatic heterocycles. The van der Waals surface area contributed by atoms with Gasteiger partial charge in [-0.2, -0.15) is 0 Å². The number of rotatable bonds is 8. The summed E-state index contributed by atoms with van der Waals surface area (Å²) in [5, 5.41) is 23.5. The van der Waals surface area contributed by atoms with Crippen molar-refractivity contribution in [2.45, 2.75) is 38.5 Å². The highest BCUT2D eigenvalue weighted by atomic mass is 16.5. The lowest BCUT2D eigenvalue weighted by atomic mass is 9.57. The fraction of sp³-hybridized carbons (Fsp3) is 0.458. The maximum Gasteiger partial charge on any atom is 0.224 e. The van der Waals surface area contributed by atoms with Crippen LogP contribution in [0.15, 0.2) is 42.5 Å². The molecule has 2 atom stereocenters. The number of hydrogen-bond acceptors (Lipinski definition) is 5. The van der Waals surface area contributed by atoms with Crippen molar-refractivity contribution < 1.29 is 19.7 Å². The molecule has 6 nitrogen and oxygen atoms in total. The molecule has 2 aromatic rings. The summed E-state index contributed by atoms with van der Waals surface area (Å²) in [6, 6.07) is 12.4. The average Bonchev–Trinajstić information content (AvgIpc) is 2.76. The van der Waals surface area contributed by atoms with E-state index < -0.39 is 11.3 Å². The minimum Gasteiger partial charge on any atom is -0.504 e. The van der Waals surface area contributed by atoms with Crippen molar-refractivity contribution >= 4 is 5.91 Å². The molecular formula is C24H32N2O4. The molecule has 0 aromatic heterocycles. The normalized spacial score (nSPS) is 17.8. The van der Waals surface area contributed by atoms with E-state index in [0.717, 1.165) is 43.5 Å². The minimum absolute atomic E-state index is 0.0852. The van der Waals surface area contributed by atoms with E-state index in [1.165, 1.54) is 6.07 Å². The molecule has 1 fully saturated rings. The van der Waals surface area contributed by atoms with Gasteiger partial charge in [-0.1, -0.05) is 37.6 Å². The predicted octanol–water partition coefficient (Wildman–Crippen LogP) is 3.51. The van der Waals surface area contributed by atoms with Gasteiger partial charge in [0, 0.05) is 11.5 Å². The molecule has 1 amide bonds. The standard InChI is InChI=1S/C24H32N2O4/c1-3-12-24(23(25)29,17-10-13-26-14-11-17)22(16-8-9-19(27)20(28)15-16)18-6-4-5-7-21(18)30-2/h4-9,15,17,22,26-28H,3,10-14H2,1-2H3,(H2,25,29). The summed E-state index contributed by atoms with van der Waals surface area (Å²) in [5.74, 6) is -0.402. The van der Waals surface area contributed by atoms with Crippen LogP contribution in [0, 0.1) is 11.3 Å². The van der Waals surface area contributed by atoms with E-state index in [2.05, 4.69) is 12.2 Å². The lowest BCUT2D eigenvalue weighted by Crippen LogP contribution is -2.51. The summed E-state index contributed by atoms with van der Waals surface area (Å²) in [6.07, 6.45) is 3.11. The first kappa shape index (κ1) is 22.0. The van der Waals surface area contributed by atoms with Crippen molar-refractivity contribution in [3.63, 3.8) is 0 Å². The van der Waals surface area contributed by atoms with Gasteiger partial charge in [-0.25, -0.2) is 0 Å². The van der Waals surface area contributed by atoms with E-state index in [9.17, 15) is 15.0 Å².